The second-order valence-corrected chi connectivity index (χ2v) is 11.1. The molecule has 3 aliphatic heterocycles. The monoisotopic (exact) mass is 440 g/mol. The van der Waals surface area contributed by atoms with Crippen LogP contribution in [-0.2, 0) is 9.53 Å². The van der Waals surface area contributed by atoms with E-state index in [-0.39, 0.29) is 17.1 Å². The Morgan fingerprint density at radius 3 is 2.56 bits per heavy atom. The van der Waals surface area contributed by atoms with E-state index in [1.54, 1.807) is 6.33 Å². The van der Waals surface area contributed by atoms with Crippen molar-refractivity contribution in [2.45, 2.75) is 82.1 Å². The maximum Gasteiger partial charge on any atom is 0.228 e. The van der Waals surface area contributed by atoms with Crippen molar-refractivity contribution in [3.63, 3.8) is 0 Å². The Kier molecular flexibility index (Phi) is 4.97. The van der Waals surface area contributed by atoms with Gasteiger partial charge >= 0.3 is 0 Å². The lowest BCUT2D eigenvalue weighted by molar-refractivity contribution is -0.135. The van der Waals surface area contributed by atoms with Gasteiger partial charge in [-0.1, -0.05) is 0 Å². The van der Waals surface area contributed by atoms with Crippen LogP contribution in [0.2, 0.25) is 0 Å². The summed E-state index contributed by atoms with van der Waals surface area (Å²) in [6, 6.07) is 2.82. The summed E-state index contributed by atoms with van der Waals surface area (Å²) in [6.07, 6.45) is 10.6. The zero-order valence-electron chi connectivity index (χ0n) is 19.3. The number of nitrogens with one attached hydrogen (secondary N) is 2. The van der Waals surface area contributed by atoms with Gasteiger partial charge in [-0.05, 0) is 58.3 Å². The molecule has 5 aliphatic rings. The molecule has 4 heterocycles. The van der Waals surface area contributed by atoms with Gasteiger partial charge in [0.2, 0.25) is 5.91 Å². The number of hydrogen-bond acceptors (Lipinski definition) is 7. The van der Waals surface area contributed by atoms with Gasteiger partial charge in [-0.2, -0.15) is 0 Å². The van der Waals surface area contributed by atoms with Crippen LogP contribution in [-0.4, -0.2) is 65.2 Å². The number of piperidine rings is 1. The number of nitrogens with zero attached hydrogens (tertiary/aromatic N) is 4. The van der Waals surface area contributed by atoms with Gasteiger partial charge in [-0.25, -0.2) is 15.4 Å². The first-order chi connectivity index (χ1) is 15.4. The highest BCUT2D eigenvalue weighted by molar-refractivity contribution is 5.85. The molecule has 1 aromatic rings. The van der Waals surface area contributed by atoms with Crippen LogP contribution in [0.25, 0.3) is 0 Å². The van der Waals surface area contributed by atoms with E-state index in [2.05, 4.69) is 38.7 Å². The van der Waals surface area contributed by atoms with Gasteiger partial charge in [0.1, 0.15) is 12.1 Å². The molecule has 2 saturated carbocycles. The SMILES string of the molecule is CN1CCC2(CCN(c3cc(C4NNC5CCC(OC6(C)CC6)CC54)ncn3)CC2)C1=O. The number of hydrogen-bond donors (Lipinski definition) is 2. The molecule has 32 heavy (non-hydrogen) atoms. The zero-order chi connectivity index (χ0) is 21.9. The van der Waals surface area contributed by atoms with E-state index in [9.17, 15) is 4.79 Å². The fourth-order valence-corrected chi connectivity index (χ4v) is 6.44. The fourth-order valence-electron chi connectivity index (χ4n) is 6.44. The molecule has 0 radical (unpaired) electrons. The lowest BCUT2D eigenvalue weighted by atomic mass is 9.77. The number of hydrazine groups is 1. The first-order valence-electron chi connectivity index (χ1n) is 12.5. The molecule has 6 rings (SSSR count). The van der Waals surface area contributed by atoms with Crippen molar-refractivity contribution in [1.29, 1.82) is 0 Å². The number of carbonyl (C=O) groups is 1. The van der Waals surface area contributed by atoms with Crippen LogP contribution in [0.15, 0.2) is 12.4 Å². The Bertz CT molecular complexity index is 881. The second-order valence-electron chi connectivity index (χ2n) is 11.1. The van der Waals surface area contributed by atoms with Crippen molar-refractivity contribution in [2.24, 2.45) is 11.3 Å². The van der Waals surface area contributed by atoms with Crippen molar-refractivity contribution in [2.75, 3.05) is 31.6 Å². The molecule has 4 atom stereocenters. The van der Waals surface area contributed by atoms with Crippen molar-refractivity contribution in [3.05, 3.63) is 18.1 Å². The summed E-state index contributed by atoms with van der Waals surface area (Å²) in [5, 5.41) is 0. The summed E-state index contributed by atoms with van der Waals surface area (Å²) in [6.45, 7) is 4.90. The highest BCUT2D eigenvalue weighted by Gasteiger charge is 2.48. The van der Waals surface area contributed by atoms with E-state index in [4.69, 9.17) is 4.74 Å². The van der Waals surface area contributed by atoms with Gasteiger partial charge in [-0.3, -0.25) is 10.2 Å². The van der Waals surface area contributed by atoms with Crippen LogP contribution in [0.1, 0.15) is 70.0 Å². The summed E-state index contributed by atoms with van der Waals surface area (Å²) in [5.74, 6) is 1.81. The number of rotatable bonds is 4. The molecule has 1 spiro atoms. The van der Waals surface area contributed by atoms with Crippen molar-refractivity contribution in [1.82, 2.24) is 25.7 Å². The maximum absolute atomic E-state index is 12.7. The number of likely N-dealkylation sites (tertiary alicyclic amines) is 1. The average Bonchev–Trinajstić information content (AvgIpc) is 3.28. The lowest BCUT2D eigenvalue weighted by Crippen LogP contribution is -2.44. The van der Waals surface area contributed by atoms with Gasteiger partial charge in [0.25, 0.3) is 0 Å². The van der Waals surface area contributed by atoms with E-state index in [1.165, 1.54) is 12.8 Å². The third-order valence-corrected chi connectivity index (χ3v) is 8.87. The summed E-state index contributed by atoms with van der Waals surface area (Å²) >= 11 is 0. The maximum atomic E-state index is 12.7. The second kappa shape index (κ2) is 7.64. The molecule has 0 bridgehead atoms. The Morgan fingerprint density at radius 1 is 1.06 bits per heavy atom. The van der Waals surface area contributed by atoms with E-state index < -0.39 is 0 Å². The molecule has 174 valence electrons. The quantitative estimate of drug-likeness (QED) is 0.743. The lowest BCUT2D eigenvalue weighted by Gasteiger charge is -2.38. The molecule has 1 aromatic heterocycles. The van der Waals surface area contributed by atoms with Crippen molar-refractivity contribution in [3.8, 4) is 0 Å². The summed E-state index contributed by atoms with van der Waals surface area (Å²) in [5.41, 5.74) is 8.11. The summed E-state index contributed by atoms with van der Waals surface area (Å²) in [4.78, 5) is 26.2. The number of carbonyl (C=O) groups excluding carboxylic acids is 1. The number of fused-ring (bicyclic) bond motifs is 1. The van der Waals surface area contributed by atoms with Crippen molar-refractivity contribution >= 4 is 11.7 Å². The number of anilines is 1. The normalized spacial score (nSPS) is 35.4. The van der Waals surface area contributed by atoms with Crippen LogP contribution in [0.5, 0.6) is 0 Å². The molecule has 3 saturated heterocycles. The average molecular weight is 441 g/mol. The molecule has 0 aromatic carbocycles. The minimum atomic E-state index is -0.138. The van der Waals surface area contributed by atoms with Crippen molar-refractivity contribution < 1.29 is 9.53 Å². The molecule has 8 nitrogen and oxygen atoms in total. The smallest absolute Gasteiger partial charge is 0.228 e. The number of aromatic nitrogens is 2. The zero-order valence-corrected chi connectivity index (χ0v) is 19.3. The first kappa shape index (κ1) is 20.8. The molecule has 2 N–H and O–H groups in total. The summed E-state index contributed by atoms with van der Waals surface area (Å²) < 4.78 is 6.44. The molecule has 4 unspecified atom stereocenters. The van der Waals surface area contributed by atoms with E-state index in [0.717, 1.165) is 69.7 Å². The van der Waals surface area contributed by atoms with Gasteiger partial charge < -0.3 is 14.5 Å². The third-order valence-electron chi connectivity index (χ3n) is 8.87. The molecule has 8 heteroatoms. The Labute approximate surface area is 190 Å². The number of ether oxygens (including phenoxy) is 1. The van der Waals surface area contributed by atoms with Gasteiger partial charge in [0.05, 0.1) is 28.9 Å². The highest BCUT2D eigenvalue weighted by Crippen LogP contribution is 2.45. The third kappa shape index (κ3) is 3.60. The van der Waals surface area contributed by atoms with Gasteiger partial charge in [0.15, 0.2) is 0 Å². The van der Waals surface area contributed by atoms with Crippen LogP contribution < -0.4 is 15.8 Å². The van der Waals surface area contributed by atoms with Gasteiger partial charge in [0, 0.05) is 44.7 Å². The minimum absolute atomic E-state index is 0.135. The predicted molar refractivity (Wildman–Crippen MR) is 121 cm³/mol. The standard InChI is InChI=1S/C24H36N6O2/c1-23(5-6-23)32-16-3-4-18-17(13-16)21(28-27-18)19-14-20(26-15-25-19)30-11-8-24(9-12-30)7-10-29(2)22(24)31/h14-18,21,27-28H,3-13H2,1-2H3. The summed E-state index contributed by atoms with van der Waals surface area (Å²) in [7, 11) is 1.93. The predicted octanol–water partition coefficient (Wildman–Crippen LogP) is 2.18. The fraction of sp³-hybridized carbons (Fsp3) is 0.792. The van der Waals surface area contributed by atoms with E-state index in [0.29, 0.717) is 24.0 Å². The highest BCUT2D eigenvalue weighted by atomic mass is 16.5. The molecule has 2 aliphatic carbocycles. The molecular formula is C24H36N6O2. The minimum Gasteiger partial charge on any atom is -0.372 e. The van der Waals surface area contributed by atoms with E-state index >= 15 is 0 Å². The van der Waals surface area contributed by atoms with Crippen LogP contribution >= 0.6 is 0 Å². The molecule has 5 fully saturated rings. The van der Waals surface area contributed by atoms with Gasteiger partial charge in [-0.15, -0.1) is 0 Å². The molecular weight excluding hydrogens is 404 g/mol. The van der Waals surface area contributed by atoms with E-state index in [1.807, 2.05) is 11.9 Å². The topological polar surface area (TPSA) is 82.6 Å². The van der Waals surface area contributed by atoms with Crippen LogP contribution in [0.4, 0.5) is 5.82 Å². The Hall–Kier alpha value is -1.77. The van der Waals surface area contributed by atoms with Crippen LogP contribution in [0.3, 0.4) is 0 Å². The van der Waals surface area contributed by atoms with Crippen LogP contribution in [0, 0.1) is 11.3 Å². The number of amides is 1. The Balaban J connectivity index is 1.14. The largest absolute Gasteiger partial charge is 0.372 e. The molecule has 1 amide bonds. The Morgan fingerprint density at radius 2 is 1.84 bits per heavy atom. The first-order valence-corrected chi connectivity index (χ1v) is 12.5.